The summed E-state index contributed by atoms with van der Waals surface area (Å²) in [6.07, 6.45) is 6.14. The quantitative estimate of drug-likeness (QED) is 0.746. The Labute approximate surface area is 124 Å². The highest BCUT2D eigenvalue weighted by molar-refractivity contribution is 5.85. The van der Waals surface area contributed by atoms with Crippen molar-refractivity contribution in [2.45, 2.75) is 44.6 Å². The van der Waals surface area contributed by atoms with E-state index in [9.17, 15) is 9.59 Å². The van der Waals surface area contributed by atoms with Gasteiger partial charge in [-0.3, -0.25) is 4.79 Å². The molecule has 0 radical (unpaired) electrons. The van der Waals surface area contributed by atoms with Gasteiger partial charge < -0.3 is 15.7 Å². The molecule has 1 aliphatic rings. The average molecular weight is 291 g/mol. The topological polar surface area (TPSA) is 91.3 Å². The second-order valence-electron chi connectivity index (χ2n) is 5.29. The van der Waals surface area contributed by atoms with Crippen LogP contribution in [0.4, 0.5) is 5.82 Å². The predicted molar refractivity (Wildman–Crippen MR) is 79.3 cm³/mol. The molecular formula is C15H21N3O3. The van der Waals surface area contributed by atoms with Crippen molar-refractivity contribution in [3.63, 3.8) is 0 Å². The van der Waals surface area contributed by atoms with Gasteiger partial charge in [-0.05, 0) is 25.0 Å². The number of hydrogen-bond donors (Lipinski definition) is 3. The molecule has 3 N–H and O–H groups in total. The van der Waals surface area contributed by atoms with E-state index in [1.165, 1.54) is 25.3 Å². The molecule has 2 rings (SSSR count). The zero-order valence-electron chi connectivity index (χ0n) is 12.0. The zero-order valence-corrected chi connectivity index (χ0v) is 12.0. The molecule has 1 heterocycles. The lowest BCUT2D eigenvalue weighted by Crippen LogP contribution is -2.36. The summed E-state index contributed by atoms with van der Waals surface area (Å²) < 4.78 is 0. The molecule has 6 heteroatoms. The first kappa shape index (κ1) is 15.3. The first-order chi connectivity index (χ1) is 10.1. The number of amides is 1. The van der Waals surface area contributed by atoms with Gasteiger partial charge in [0, 0.05) is 19.0 Å². The predicted octanol–water partition coefficient (Wildman–Crippen LogP) is 2.03. The standard InChI is InChI=1S/C15H21N3O3/c19-14(17-11-5-2-1-3-6-11)9-10-16-13-8-4-7-12(18-13)15(20)21/h4,7-8,11H,1-3,5-6,9-10H2,(H,16,18)(H,17,19)(H,20,21). The smallest absolute Gasteiger partial charge is 0.354 e. The van der Waals surface area contributed by atoms with E-state index < -0.39 is 5.97 Å². The van der Waals surface area contributed by atoms with Crippen molar-refractivity contribution in [3.8, 4) is 0 Å². The van der Waals surface area contributed by atoms with E-state index in [1.54, 1.807) is 12.1 Å². The number of carbonyl (C=O) groups excluding carboxylic acids is 1. The Kier molecular flexibility index (Phi) is 5.54. The monoisotopic (exact) mass is 291 g/mol. The van der Waals surface area contributed by atoms with Crippen molar-refractivity contribution in [3.05, 3.63) is 23.9 Å². The molecular weight excluding hydrogens is 270 g/mol. The van der Waals surface area contributed by atoms with E-state index in [2.05, 4.69) is 15.6 Å². The van der Waals surface area contributed by atoms with E-state index in [4.69, 9.17) is 5.11 Å². The van der Waals surface area contributed by atoms with Crippen LogP contribution in [0.3, 0.4) is 0 Å². The number of carboxylic acids is 1. The maximum Gasteiger partial charge on any atom is 0.354 e. The Morgan fingerprint density at radius 2 is 2.00 bits per heavy atom. The van der Waals surface area contributed by atoms with Crippen LogP contribution in [-0.4, -0.2) is 34.6 Å². The number of carbonyl (C=O) groups is 2. The van der Waals surface area contributed by atoms with Crippen molar-refractivity contribution in [1.82, 2.24) is 10.3 Å². The van der Waals surface area contributed by atoms with E-state index in [0.717, 1.165) is 12.8 Å². The number of aromatic nitrogens is 1. The fourth-order valence-corrected chi connectivity index (χ4v) is 2.50. The summed E-state index contributed by atoms with van der Waals surface area (Å²) in [4.78, 5) is 26.6. The number of hydrogen-bond acceptors (Lipinski definition) is 4. The van der Waals surface area contributed by atoms with Crippen LogP contribution >= 0.6 is 0 Å². The Hall–Kier alpha value is -2.11. The maximum absolute atomic E-state index is 11.8. The molecule has 1 aromatic heterocycles. The summed E-state index contributed by atoms with van der Waals surface area (Å²) in [6, 6.07) is 5.06. The average Bonchev–Trinajstić information content (AvgIpc) is 2.48. The number of pyridine rings is 1. The Bertz CT molecular complexity index is 499. The molecule has 114 valence electrons. The largest absolute Gasteiger partial charge is 0.477 e. The molecule has 6 nitrogen and oxygen atoms in total. The van der Waals surface area contributed by atoms with Gasteiger partial charge in [0.25, 0.3) is 0 Å². The van der Waals surface area contributed by atoms with Crippen LogP contribution < -0.4 is 10.6 Å². The van der Waals surface area contributed by atoms with Crippen molar-refractivity contribution in [1.29, 1.82) is 0 Å². The highest BCUT2D eigenvalue weighted by Gasteiger charge is 2.15. The van der Waals surface area contributed by atoms with Gasteiger partial charge in [-0.1, -0.05) is 25.3 Å². The maximum atomic E-state index is 11.8. The number of carboxylic acid groups (broad SMARTS) is 1. The number of nitrogens with one attached hydrogen (secondary N) is 2. The molecule has 0 aromatic carbocycles. The number of nitrogens with zero attached hydrogens (tertiary/aromatic N) is 1. The highest BCUT2D eigenvalue weighted by Crippen LogP contribution is 2.17. The lowest BCUT2D eigenvalue weighted by Gasteiger charge is -2.22. The normalized spacial score (nSPS) is 15.4. The minimum absolute atomic E-state index is 0.00772. The SMILES string of the molecule is O=C(CCNc1cccc(C(=O)O)n1)NC1CCCCC1. The van der Waals surface area contributed by atoms with Crippen LogP contribution in [0.2, 0.25) is 0 Å². The van der Waals surface area contributed by atoms with Gasteiger partial charge in [0.05, 0.1) is 0 Å². The van der Waals surface area contributed by atoms with Crippen LogP contribution in [0.5, 0.6) is 0 Å². The van der Waals surface area contributed by atoms with E-state index in [0.29, 0.717) is 24.8 Å². The summed E-state index contributed by atoms with van der Waals surface area (Å²) in [5.74, 6) is -0.558. The molecule has 0 unspecified atom stereocenters. The Morgan fingerprint density at radius 1 is 1.24 bits per heavy atom. The van der Waals surface area contributed by atoms with Crippen molar-refractivity contribution in [2.24, 2.45) is 0 Å². The van der Waals surface area contributed by atoms with E-state index >= 15 is 0 Å². The van der Waals surface area contributed by atoms with Crippen LogP contribution in [0.1, 0.15) is 49.0 Å². The van der Waals surface area contributed by atoms with Gasteiger partial charge >= 0.3 is 5.97 Å². The lowest BCUT2D eigenvalue weighted by atomic mass is 9.95. The minimum Gasteiger partial charge on any atom is -0.477 e. The van der Waals surface area contributed by atoms with Crippen LogP contribution in [-0.2, 0) is 4.79 Å². The molecule has 1 fully saturated rings. The molecule has 0 saturated heterocycles. The van der Waals surface area contributed by atoms with Gasteiger partial charge in [0.2, 0.25) is 5.91 Å². The third-order valence-corrected chi connectivity index (χ3v) is 3.60. The fourth-order valence-electron chi connectivity index (χ4n) is 2.50. The first-order valence-electron chi connectivity index (χ1n) is 7.39. The van der Waals surface area contributed by atoms with Crippen molar-refractivity contribution < 1.29 is 14.7 Å². The molecule has 1 saturated carbocycles. The Morgan fingerprint density at radius 3 is 2.71 bits per heavy atom. The molecule has 1 aliphatic carbocycles. The van der Waals surface area contributed by atoms with E-state index in [-0.39, 0.29) is 11.6 Å². The lowest BCUT2D eigenvalue weighted by molar-refractivity contribution is -0.121. The third-order valence-electron chi connectivity index (χ3n) is 3.60. The number of anilines is 1. The fraction of sp³-hybridized carbons (Fsp3) is 0.533. The van der Waals surface area contributed by atoms with Gasteiger partial charge in [-0.2, -0.15) is 0 Å². The summed E-state index contributed by atoms with van der Waals surface area (Å²) in [5, 5.41) is 14.9. The second kappa shape index (κ2) is 7.61. The number of rotatable bonds is 6. The molecule has 0 spiro atoms. The zero-order chi connectivity index (χ0) is 15.1. The highest BCUT2D eigenvalue weighted by atomic mass is 16.4. The second-order valence-corrected chi connectivity index (χ2v) is 5.29. The number of aromatic carboxylic acids is 1. The molecule has 1 aromatic rings. The molecule has 0 aliphatic heterocycles. The molecule has 0 atom stereocenters. The van der Waals surface area contributed by atoms with Crippen LogP contribution in [0.25, 0.3) is 0 Å². The van der Waals surface area contributed by atoms with Gasteiger partial charge in [0.15, 0.2) is 5.69 Å². The molecule has 21 heavy (non-hydrogen) atoms. The van der Waals surface area contributed by atoms with Crippen molar-refractivity contribution >= 4 is 17.7 Å². The van der Waals surface area contributed by atoms with Gasteiger partial charge in [-0.15, -0.1) is 0 Å². The summed E-state index contributed by atoms with van der Waals surface area (Å²) in [7, 11) is 0. The van der Waals surface area contributed by atoms with Crippen LogP contribution in [0, 0.1) is 0 Å². The van der Waals surface area contributed by atoms with Gasteiger partial charge in [0.1, 0.15) is 5.82 Å². The summed E-state index contributed by atoms with van der Waals surface area (Å²) in [5.41, 5.74) is -0.00772. The molecule has 1 amide bonds. The van der Waals surface area contributed by atoms with E-state index in [1.807, 2.05) is 0 Å². The minimum atomic E-state index is -1.06. The van der Waals surface area contributed by atoms with Crippen LogP contribution in [0.15, 0.2) is 18.2 Å². The van der Waals surface area contributed by atoms with Crippen molar-refractivity contribution in [2.75, 3.05) is 11.9 Å². The third kappa shape index (κ3) is 5.06. The summed E-state index contributed by atoms with van der Waals surface area (Å²) >= 11 is 0. The summed E-state index contributed by atoms with van der Waals surface area (Å²) in [6.45, 7) is 0.439. The first-order valence-corrected chi connectivity index (χ1v) is 7.39. The van der Waals surface area contributed by atoms with Gasteiger partial charge in [-0.25, -0.2) is 9.78 Å². The molecule has 0 bridgehead atoms. The Balaban J connectivity index is 1.72.